The van der Waals surface area contributed by atoms with Gasteiger partial charge in [-0.25, -0.2) is 0 Å². The van der Waals surface area contributed by atoms with E-state index in [2.05, 4.69) is 16.2 Å². The van der Waals surface area contributed by atoms with Crippen molar-refractivity contribution in [3.63, 3.8) is 0 Å². The molecule has 164 valence electrons. The summed E-state index contributed by atoms with van der Waals surface area (Å²) in [4.78, 5) is 28.0. The van der Waals surface area contributed by atoms with Crippen LogP contribution < -0.4 is 11.1 Å². The highest BCUT2D eigenvalue weighted by Crippen LogP contribution is 2.42. The molecule has 1 unspecified atom stereocenters. The number of aryl methyl sites for hydroxylation is 1. The van der Waals surface area contributed by atoms with Gasteiger partial charge in [-0.05, 0) is 48.8 Å². The van der Waals surface area contributed by atoms with Crippen LogP contribution in [0.2, 0.25) is 0 Å². The number of likely N-dealkylation sites (tertiary alicyclic amines) is 1. The minimum atomic E-state index is -4.25. The molecule has 31 heavy (non-hydrogen) atoms. The van der Waals surface area contributed by atoms with Crippen molar-refractivity contribution >= 4 is 28.4 Å². The number of anilines is 1. The van der Waals surface area contributed by atoms with E-state index in [9.17, 15) is 22.8 Å². The molecular weight excluding hydrogens is 409 g/mol. The zero-order chi connectivity index (χ0) is 22.3. The van der Waals surface area contributed by atoms with Crippen molar-refractivity contribution in [2.24, 2.45) is 11.7 Å². The van der Waals surface area contributed by atoms with Crippen LogP contribution in [0.3, 0.4) is 0 Å². The average Bonchev–Trinajstić information content (AvgIpc) is 3.32. The van der Waals surface area contributed by atoms with Crippen LogP contribution in [0.15, 0.2) is 12.1 Å². The van der Waals surface area contributed by atoms with Crippen LogP contribution in [0.25, 0.3) is 10.9 Å². The summed E-state index contributed by atoms with van der Waals surface area (Å²) in [5, 5.41) is 4.23. The van der Waals surface area contributed by atoms with Gasteiger partial charge in [0, 0.05) is 35.9 Å². The predicted octanol–water partition coefficient (Wildman–Crippen LogP) is 2.51. The van der Waals surface area contributed by atoms with Gasteiger partial charge in [-0.2, -0.15) is 13.2 Å². The smallest absolute Gasteiger partial charge is 0.380 e. The molecule has 0 spiro atoms. The number of aromatic nitrogens is 1. The van der Waals surface area contributed by atoms with E-state index in [4.69, 9.17) is 12.2 Å². The zero-order valence-electron chi connectivity index (χ0n) is 16.8. The van der Waals surface area contributed by atoms with E-state index in [0.717, 1.165) is 16.6 Å². The fraction of sp³-hybridized carbons (Fsp3) is 0.455. The molecule has 2 amide bonds. The summed E-state index contributed by atoms with van der Waals surface area (Å²) >= 11 is 0. The third-order valence-electron chi connectivity index (χ3n) is 6.21. The number of alkyl halides is 3. The van der Waals surface area contributed by atoms with Crippen molar-refractivity contribution in [1.29, 1.82) is 0 Å². The van der Waals surface area contributed by atoms with Crippen molar-refractivity contribution in [2.45, 2.75) is 44.3 Å². The number of rotatable bonds is 4. The Morgan fingerprint density at radius 2 is 2.10 bits per heavy atom. The summed E-state index contributed by atoms with van der Waals surface area (Å²) in [7, 11) is 0. The van der Waals surface area contributed by atoms with Crippen LogP contribution in [0, 0.1) is 18.3 Å². The van der Waals surface area contributed by atoms with Crippen LogP contribution in [0.1, 0.15) is 29.7 Å². The first-order valence-electron chi connectivity index (χ1n) is 10.2. The summed E-state index contributed by atoms with van der Waals surface area (Å²) in [5.41, 5.74) is 8.84. The summed E-state index contributed by atoms with van der Waals surface area (Å²) in [5.74, 6) is -0.139. The summed E-state index contributed by atoms with van der Waals surface area (Å²) in [6, 6.07) is 3.56. The van der Waals surface area contributed by atoms with Crippen molar-refractivity contribution in [2.75, 3.05) is 18.4 Å². The minimum absolute atomic E-state index is 0.00719. The number of nitrogens with zero attached hydrogens (tertiary/aromatic N) is 1. The van der Waals surface area contributed by atoms with E-state index >= 15 is 0 Å². The number of nitrogens with one attached hydrogen (secondary N) is 2. The van der Waals surface area contributed by atoms with E-state index in [1.54, 1.807) is 11.0 Å². The van der Waals surface area contributed by atoms with Crippen molar-refractivity contribution in [1.82, 2.24) is 9.88 Å². The number of benzene rings is 1. The van der Waals surface area contributed by atoms with E-state index in [1.807, 2.05) is 6.07 Å². The highest BCUT2D eigenvalue weighted by Gasteiger charge is 2.42. The second kappa shape index (κ2) is 7.84. The van der Waals surface area contributed by atoms with Crippen molar-refractivity contribution < 1.29 is 22.8 Å². The second-order valence-electron chi connectivity index (χ2n) is 8.25. The largest absolute Gasteiger partial charge is 0.392 e. The van der Waals surface area contributed by atoms with E-state index in [-0.39, 0.29) is 31.2 Å². The number of terminal acetylenes is 1. The first-order valence-corrected chi connectivity index (χ1v) is 10.2. The molecular formula is C22H23F3N4O2. The average molecular weight is 432 g/mol. The number of amides is 2. The van der Waals surface area contributed by atoms with Gasteiger partial charge in [-0.3, -0.25) is 9.59 Å². The van der Waals surface area contributed by atoms with Gasteiger partial charge in [0.2, 0.25) is 5.91 Å². The molecule has 0 saturated carbocycles. The number of halogens is 3. The molecule has 6 nitrogen and oxygen atoms in total. The van der Waals surface area contributed by atoms with Gasteiger partial charge in [0.1, 0.15) is 0 Å². The number of hydrogen-bond donors (Lipinski definition) is 3. The lowest BCUT2D eigenvalue weighted by molar-refractivity contribution is -0.177. The van der Waals surface area contributed by atoms with Gasteiger partial charge >= 0.3 is 6.18 Å². The zero-order valence-corrected chi connectivity index (χ0v) is 16.8. The van der Waals surface area contributed by atoms with Gasteiger partial charge in [0.25, 0.3) is 5.91 Å². The molecule has 9 heteroatoms. The molecule has 2 heterocycles. The first-order chi connectivity index (χ1) is 14.7. The van der Waals surface area contributed by atoms with Gasteiger partial charge in [-0.1, -0.05) is 6.07 Å². The molecule has 0 bridgehead atoms. The van der Waals surface area contributed by atoms with Crippen LogP contribution in [0.5, 0.6) is 0 Å². The maximum absolute atomic E-state index is 13.3. The number of nitrogens with two attached hydrogens (primary N) is 1. The molecule has 1 aromatic carbocycles. The molecule has 1 aromatic heterocycles. The molecule has 1 saturated heterocycles. The number of fused-ring (bicyclic) bond motifs is 3. The molecule has 2 atom stereocenters. The van der Waals surface area contributed by atoms with Gasteiger partial charge in [-0.15, -0.1) is 6.42 Å². The normalized spacial score (nSPS) is 21.0. The number of carbonyl (C=O) groups is 2. The Bertz CT molecular complexity index is 1080. The maximum Gasteiger partial charge on any atom is 0.392 e. The molecule has 1 aliphatic carbocycles. The third-order valence-corrected chi connectivity index (χ3v) is 6.21. The summed E-state index contributed by atoms with van der Waals surface area (Å²) in [6.07, 6.45) is 1.86. The lowest BCUT2D eigenvalue weighted by Gasteiger charge is -2.25. The molecule has 4 rings (SSSR count). The molecule has 1 aliphatic heterocycles. The van der Waals surface area contributed by atoms with Crippen LogP contribution >= 0.6 is 0 Å². The summed E-state index contributed by atoms with van der Waals surface area (Å²) in [6.45, 7) is 0.998. The third kappa shape index (κ3) is 4.07. The predicted molar refractivity (Wildman–Crippen MR) is 110 cm³/mol. The minimum Gasteiger partial charge on any atom is -0.380 e. The summed E-state index contributed by atoms with van der Waals surface area (Å²) < 4.78 is 39.9. The SMILES string of the molecule is C#CC(=O)N1CC[C@H](Nc2ccc(CC(N)=O)c3[nH]c4c(c23)CCC(C(F)(F)F)C4)C1. The highest BCUT2D eigenvalue weighted by molar-refractivity contribution is 6.00. The number of hydrogen-bond acceptors (Lipinski definition) is 3. The Labute approximate surface area is 177 Å². The Morgan fingerprint density at radius 3 is 2.77 bits per heavy atom. The van der Waals surface area contributed by atoms with E-state index in [1.165, 1.54) is 0 Å². The Kier molecular flexibility index (Phi) is 5.33. The number of H-pyrrole nitrogens is 1. The Morgan fingerprint density at radius 1 is 1.32 bits per heavy atom. The fourth-order valence-electron chi connectivity index (χ4n) is 4.70. The fourth-order valence-corrected chi connectivity index (χ4v) is 4.70. The second-order valence-corrected chi connectivity index (χ2v) is 8.25. The highest BCUT2D eigenvalue weighted by atomic mass is 19.4. The lowest BCUT2D eigenvalue weighted by atomic mass is 9.86. The molecule has 2 aliphatic rings. The standard InChI is InChI=1S/C22H23F3N4O2/c1-2-19(31)29-8-7-14(11-29)27-16-6-3-12(9-18(26)30)21-20(16)15-5-4-13(22(23,24)25)10-17(15)28-21/h1,3,6,13-14,27-28H,4-5,7-11H2,(H2,26,30)/t13?,14-/m0/s1. The van der Waals surface area contributed by atoms with Gasteiger partial charge < -0.3 is 20.9 Å². The molecule has 1 fully saturated rings. The Hall–Kier alpha value is -3.15. The van der Waals surface area contributed by atoms with Crippen LogP contribution in [-0.2, 0) is 28.9 Å². The van der Waals surface area contributed by atoms with Crippen molar-refractivity contribution in [3.8, 4) is 12.3 Å². The molecule has 0 radical (unpaired) electrons. The Balaban J connectivity index is 1.70. The van der Waals surface area contributed by atoms with Gasteiger partial charge in [0.15, 0.2) is 0 Å². The number of primary amides is 1. The molecule has 4 N–H and O–H groups in total. The maximum atomic E-state index is 13.3. The quantitative estimate of drug-likeness (QED) is 0.649. The van der Waals surface area contributed by atoms with Gasteiger partial charge in [0.05, 0.1) is 17.9 Å². The van der Waals surface area contributed by atoms with E-state index < -0.39 is 18.0 Å². The van der Waals surface area contributed by atoms with Crippen LogP contribution in [0.4, 0.5) is 18.9 Å². The monoisotopic (exact) mass is 432 g/mol. The van der Waals surface area contributed by atoms with Crippen LogP contribution in [-0.4, -0.2) is 47.0 Å². The topological polar surface area (TPSA) is 91.2 Å². The lowest BCUT2D eigenvalue weighted by Crippen LogP contribution is -2.30. The van der Waals surface area contributed by atoms with E-state index in [0.29, 0.717) is 42.7 Å². The van der Waals surface area contributed by atoms with Crippen molar-refractivity contribution in [3.05, 3.63) is 29.0 Å². The molecule has 2 aromatic rings. The number of aromatic amines is 1. The first kappa shape index (κ1) is 21.1. The number of carbonyl (C=O) groups excluding carboxylic acids is 2.